The van der Waals surface area contributed by atoms with Crippen LogP contribution in [0.15, 0.2) is 30.6 Å². The maximum Gasteiger partial charge on any atom is 0.471 e. The van der Waals surface area contributed by atoms with Crippen molar-refractivity contribution in [3.63, 3.8) is 0 Å². The molecule has 0 bridgehead atoms. The zero-order chi connectivity index (χ0) is 28.0. The number of aromatic amines is 1. The van der Waals surface area contributed by atoms with Gasteiger partial charge < -0.3 is 25.0 Å². The predicted molar refractivity (Wildman–Crippen MR) is 113 cm³/mol. The number of nitrogens with one attached hydrogen (secondary N) is 1. The third-order valence-corrected chi connectivity index (χ3v) is 5.41. The number of carboxylic acid groups (broad SMARTS) is 2. The summed E-state index contributed by atoms with van der Waals surface area (Å²) in [4.78, 5) is 50.2. The van der Waals surface area contributed by atoms with Gasteiger partial charge in [0, 0.05) is 13.1 Å². The van der Waals surface area contributed by atoms with Crippen molar-refractivity contribution in [2.75, 3.05) is 13.1 Å². The molecule has 2 aliphatic heterocycles. The number of likely N-dealkylation sites (tertiary alicyclic amines) is 2. The number of halogens is 6. The van der Waals surface area contributed by atoms with E-state index in [-0.39, 0.29) is 25.9 Å². The number of carbonyl (C=O) groups excluding carboxylic acids is 2. The van der Waals surface area contributed by atoms with Crippen LogP contribution >= 0.6 is 0 Å². The summed E-state index contributed by atoms with van der Waals surface area (Å²) in [5.74, 6) is -6.91. The molecule has 0 spiro atoms. The molecule has 37 heavy (non-hydrogen) atoms. The van der Waals surface area contributed by atoms with Gasteiger partial charge in [0.15, 0.2) is 0 Å². The summed E-state index contributed by atoms with van der Waals surface area (Å²) in [7, 11) is 0. The lowest BCUT2D eigenvalue weighted by atomic mass is 10.2. The molecular weight excluding hydrogens is 518 g/mol. The lowest BCUT2D eigenvalue weighted by molar-refractivity contribution is -0.187. The Morgan fingerprint density at radius 1 is 0.811 bits per heavy atom. The number of aromatic nitrogens is 2. The predicted octanol–water partition coefficient (Wildman–Crippen LogP) is 2.81. The lowest BCUT2D eigenvalue weighted by Crippen LogP contribution is -2.46. The molecule has 2 aromatic rings. The van der Waals surface area contributed by atoms with Gasteiger partial charge in [-0.3, -0.25) is 9.59 Å². The summed E-state index contributed by atoms with van der Waals surface area (Å²) in [6.45, 7) is -0.287. The first-order valence-electron chi connectivity index (χ1n) is 10.7. The van der Waals surface area contributed by atoms with E-state index in [4.69, 9.17) is 10.2 Å². The van der Waals surface area contributed by atoms with Gasteiger partial charge in [0.1, 0.15) is 12.1 Å². The van der Waals surface area contributed by atoms with Gasteiger partial charge in [-0.2, -0.15) is 26.3 Å². The lowest BCUT2D eigenvalue weighted by Gasteiger charge is -2.22. The molecule has 1 aromatic carbocycles. The summed E-state index contributed by atoms with van der Waals surface area (Å²) < 4.78 is 71.7. The zero-order valence-corrected chi connectivity index (χ0v) is 18.9. The summed E-state index contributed by atoms with van der Waals surface area (Å²) in [6, 6.07) is 5.28. The normalized spacial score (nSPS) is 19.5. The highest BCUT2D eigenvalue weighted by atomic mass is 19.4. The Kier molecular flexibility index (Phi) is 9.47. The van der Waals surface area contributed by atoms with Crippen LogP contribution in [0.1, 0.15) is 25.7 Å². The molecule has 10 nitrogen and oxygen atoms in total. The van der Waals surface area contributed by atoms with Crippen LogP contribution in [0.25, 0.3) is 11.0 Å². The number of fused-ring (bicyclic) bond motifs is 1. The van der Waals surface area contributed by atoms with Gasteiger partial charge in [-0.1, -0.05) is 12.1 Å². The number of nitrogens with zero attached hydrogens (tertiary/aromatic N) is 3. The quantitative estimate of drug-likeness (QED) is 0.497. The van der Waals surface area contributed by atoms with E-state index in [9.17, 15) is 45.5 Å². The van der Waals surface area contributed by atoms with E-state index >= 15 is 0 Å². The fraction of sp³-hybridized carbons (Fsp3) is 0.476. The molecule has 2 saturated heterocycles. The van der Waals surface area contributed by atoms with Gasteiger partial charge in [-0.05, 0) is 37.8 Å². The fourth-order valence-corrected chi connectivity index (χ4v) is 3.74. The number of aliphatic carboxylic acids is 2. The highest BCUT2D eigenvalue weighted by molar-refractivity contribution is 5.88. The van der Waals surface area contributed by atoms with Gasteiger partial charge in [0.05, 0.1) is 17.4 Å². The first-order valence-corrected chi connectivity index (χ1v) is 10.7. The van der Waals surface area contributed by atoms with E-state index in [1.54, 1.807) is 6.33 Å². The van der Waals surface area contributed by atoms with Gasteiger partial charge in [-0.25, -0.2) is 14.6 Å². The topological polar surface area (TPSA) is 144 Å². The van der Waals surface area contributed by atoms with E-state index < -0.39 is 48.2 Å². The number of benzene rings is 1. The van der Waals surface area contributed by atoms with Crippen molar-refractivity contribution < 1.29 is 55.7 Å². The Morgan fingerprint density at radius 3 is 1.62 bits per heavy atom. The van der Waals surface area contributed by atoms with Crippen LogP contribution in [-0.2, 0) is 19.2 Å². The minimum atomic E-state index is -4.99. The van der Waals surface area contributed by atoms with Crippen molar-refractivity contribution in [2.24, 2.45) is 0 Å². The molecule has 204 valence electrons. The standard InChI is InChI=1S/2C7H8F3NO3.C7H6N2/c2*8-7(9,10)6(14)11-3-1-2-4(11)5(12)13;1-2-4-7-6(3-1)8-5-9-7/h2*4H,1-3H2,(H,12,13);1-5H,(H,8,9). The van der Waals surface area contributed by atoms with E-state index in [1.807, 2.05) is 24.3 Å². The summed E-state index contributed by atoms with van der Waals surface area (Å²) >= 11 is 0. The molecule has 3 N–H and O–H groups in total. The van der Waals surface area contributed by atoms with Gasteiger partial charge in [0.25, 0.3) is 0 Å². The molecule has 2 atom stereocenters. The number of carboxylic acids is 2. The molecule has 2 aliphatic rings. The number of carbonyl (C=O) groups is 4. The summed E-state index contributed by atoms with van der Waals surface area (Å²) in [5.41, 5.74) is 2.12. The second-order valence-electron chi connectivity index (χ2n) is 7.90. The first kappa shape index (κ1) is 29.4. The van der Waals surface area contributed by atoms with Crippen molar-refractivity contribution >= 4 is 34.8 Å². The van der Waals surface area contributed by atoms with E-state index in [2.05, 4.69) is 9.97 Å². The Labute approximate surface area is 204 Å². The maximum absolute atomic E-state index is 12.0. The van der Waals surface area contributed by atoms with Crippen LogP contribution in [0.4, 0.5) is 26.3 Å². The number of amides is 2. The zero-order valence-electron chi connectivity index (χ0n) is 18.9. The number of alkyl halides is 6. The monoisotopic (exact) mass is 540 g/mol. The number of H-pyrrole nitrogens is 1. The molecule has 3 heterocycles. The Bertz CT molecular complexity index is 1030. The summed E-state index contributed by atoms with van der Waals surface area (Å²) in [5, 5.41) is 17.1. The second-order valence-corrected chi connectivity index (χ2v) is 7.90. The Hall–Kier alpha value is -3.85. The highest BCUT2D eigenvalue weighted by Gasteiger charge is 2.48. The molecule has 2 amide bonds. The largest absolute Gasteiger partial charge is 0.480 e. The first-order chi connectivity index (χ1) is 17.1. The van der Waals surface area contributed by atoms with Gasteiger partial charge in [0.2, 0.25) is 0 Å². The smallest absolute Gasteiger partial charge is 0.471 e. The average Bonchev–Trinajstić information content (AvgIpc) is 3.57. The number of imidazole rings is 1. The molecule has 0 saturated carbocycles. The number of rotatable bonds is 2. The molecule has 4 rings (SSSR count). The minimum absolute atomic E-state index is 0.0805. The third-order valence-electron chi connectivity index (χ3n) is 5.41. The molecule has 1 aromatic heterocycles. The number of para-hydroxylation sites is 2. The van der Waals surface area contributed by atoms with Crippen molar-refractivity contribution in [1.29, 1.82) is 0 Å². The highest BCUT2D eigenvalue weighted by Crippen LogP contribution is 2.26. The molecule has 0 aliphatic carbocycles. The summed E-state index contributed by atoms with van der Waals surface area (Å²) in [6.07, 6.45) is -7.54. The van der Waals surface area contributed by atoms with Crippen LogP contribution in [-0.4, -0.2) is 91.3 Å². The molecule has 2 fully saturated rings. The molecule has 0 radical (unpaired) electrons. The van der Waals surface area contributed by atoms with E-state index in [0.29, 0.717) is 22.6 Å². The van der Waals surface area contributed by atoms with Crippen molar-refractivity contribution in [1.82, 2.24) is 19.8 Å². The van der Waals surface area contributed by atoms with Crippen LogP contribution in [0.3, 0.4) is 0 Å². The van der Waals surface area contributed by atoms with E-state index in [1.165, 1.54) is 0 Å². The maximum atomic E-state index is 12.0. The number of hydrogen-bond acceptors (Lipinski definition) is 5. The Morgan fingerprint density at radius 2 is 1.24 bits per heavy atom. The fourth-order valence-electron chi connectivity index (χ4n) is 3.74. The number of hydrogen-bond donors (Lipinski definition) is 3. The third kappa shape index (κ3) is 7.82. The van der Waals surface area contributed by atoms with Gasteiger partial charge in [-0.15, -0.1) is 0 Å². The average molecular weight is 540 g/mol. The molecule has 16 heteroatoms. The molecular formula is C21H22F6N4O6. The van der Waals surface area contributed by atoms with Crippen molar-refractivity contribution in [3.05, 3.63) is 30.6 Å². The minimum Gasteiger partial charge on any atom is -0.480 e. The SMILES string of the molecule is O=C(O)C1CCCN1C(=O)C(F)(F)F.O=C(O)C1CCCN1C(=O)C(F)(F)F.c1ccc2[nH]cnc2c1. The van der Waals surface area contributed by atoms with Crippen LogP contribution in [0.2, 0.25) is 0 Å². The second kappa shape index (κ2) is 11.9. The Balaban J connectivity index is 0.000000199. The van der Waals surface area contributed by atoms with Gasteiger partial charge >= 0.3 is 36.1 Å². The molecule has 2 unspecified atom stereocenters. The van der Waals surface area contributed by atoms with E-state index in [0.717, 1.165) is 11.0 Å². The van der Waals surface area contributed by atoms with Crippen LogP contribution in [0, 0.1) is 0 Å². The van der Waals surface area contributed by atoms with Crippen LogP contribution < -0.4 is 0 Å². The van der Waals surface area contributed by atoms with Crippen molar-refractivity contribution in [2.45, 2.75) is 50.1 Å². The van der Waals surface area contributed by atoms with Crippen LogP contribution in [0.5, 0.6) is 0 Å². The van der Waals surface area contributed by atoms with Crippen molar-refractivity contribution in [3.8, 4) is 0 Å².